The molecule has 1 saturated heterocycles. The Kier molecular flexibility index (Phi) is 2.65. The van der Waals surface area contributed by atoms with Crippen LogP contribution in [0.4, 0.5) is 0 Å². The fraction of sp³-hybridized carbons (Fsp3) is 0.500. The first-order chi connectivity index (χ1) is 6.78. The molecule has 1 aliphatic rings. The summed E-state index contributed by atoms with van der Waals surface area (Å²) in [5.41, 5.74) is 6.38. The number of nitrogens with zero attached hydrogens (tertiary/aromatic N) is 1. The molecule has 4 heteroatoms. The average Bonchev–Trinajstić information content (AvgIpc) is 2.76. The summed E-state index contributed by atoms with van der Waals surface area (Å²) in [6.45, 7) is 2.68. The molecule has 1 fully saturated rings. The first-order valence-electron chi connectivity index (χ1n) is 4.78. The molecule has 0 spiro atoms. The van der Waals surface area contributed by atoms with Crippen LogP contribution in [0.2, 0.25) is 0 Å². The van der Waals surface area contributed by atoms with E-state index in [9.17, 15) is 4.79 Å². The van der Waals surface area contributed by atoms with Gasteiger partial charge in [0.25, 0.3) is 0 Å². The second kappa shape index (κ2) is 3.94. The van der Waals surface area contributed by atoms with Crippen molar-refractivity contribution in [1.82, 2.24) is 4.90 Å². The summed E-state index contributed by atoms with van der Waals surface area (Å²) >= 11 is 0. The maximum atomic E-state index is 10.4. The van der Waals surface area contributed by atoms with E-state index in [1.807, 2.05) is 0 Å². The van der Waals surface area contributed by atoms with Gasteiger partial charge in [0.05, 0.1) is 12.1 Å². The Balaban J connectivity index is 1.93. The molecule has 1 aromatic heterocycles. The van der Waals surface area contributed by atoms with Crippen LogP contribution in [-0.4, -0.2) is 30.3 Å². The molecular weight excluding hydrogens is 180 g/mol. The van der Waals surface area contributed by atoms with E-state index in [0.29, 0.717) is 5.56 Å². The summed E-state index contributed by atoms with van der Waals surface area (Å²) < 4.78 is 5.24. The van der Waals surface area contributed by atoms with Crippen LogP contribution in [0.3, 0.4) is 0 Å². The molecule has 2 heterocycles. The highest BCUT2D eigenvalue weighted by molar-refractivity contribution is 5.74. The topological polar surface area (TPSA) is 59.5 Å². The highest BCUT2D eigenvalue weighted by Gasteiger charge is 2.19. The van der Waals surface area contributed by atoms with Gasteiger partial charge >= 0.3 is 0 Å². The molecule has 0 radical (unpaired) electrons. The maximum absolute atomic E-state index is 10.4. The van der Waals surface area contributed by atoms with Crippen molar-refractivity contribution >= 4 is 6.29 Å². The van der Waals surface area contributed by atoms with Gasteiger partial charge in [-0.15, -0.1) is 0 Å². The molecule has 1 unspecified atom stereocenters. The monoisotopic (exact) mass is 194 g/mol. The lowest BCUT2D eigenvalue weighted by Gasteiger charge is -2.12. The van der Waals surface area contributed by atoms with Crippen molar-refractivity contribution in [2.45, 2.75) is 19.0 Å². The van der Waals surface area contributed by atoms with Crippen molar-refractivity contribution in [2.24, 2.45) is 5.73 Å². The van der Waals surface area contributed by atoms with Gasteiger partial charge in [-0.25, -0.2) is 0 Å². The highest BCUT2D eigenvalue weighted by atomic mass is 16.3. The van der Waals surface area contributed by atoms with E-state index in [0.717, 1.165) is 38.1 Å². The third-order valence-corrected chi connectivity index (χ3v) is 2.50. The maximum Gasteiger partial charge on any atom is 0.153 e. The van der Waals surface area contributed by atoms with E-state index < -0.39 is 0 Å². The number of hydrogen-bond acceptors (Lipinski definition) is 4. The van der Waals surface area contributed by atoms with E-state index in [1.165, 1.54) is 6.26 Å². The number of carbonyl (C=O) groups excluding carboxylic acids is 1. The second-order valence-corrected chi connectivity index (χ2v) is 3.75. The van der Waals surface area contributed by atoms with E-state index in [2.05, 4.69) is 4.90 Å². The van der Waals surface area contributed by atoms with Crippen LogP contribution < -0.4 is 5.73 Å². The van der Waals surface area contributed by atoms with Crippen molar-refractivity contribution in [3.8, 4) is 0 Å². The van der Waals surface area contributed by atoms with Gasteiger partial charge in [0.2, 0.25) is 0 Å². The van der Waals surface area contributed by atoms with Gasteiger partial charge < -0.3 is 10.2 Å². The largest absolute Gasteiger partial charge is 0.467 e. The van der Waals surface area contributed by atoms with Crippen molar-refractivity contribution in [2.75, 3.05) is 13.1 Å². The van der Waals surface area contributed by atoms with Crippen LogP contribution >= 0.6 is 0 Å². The molecular formula is C10H14N2O2. The van der Waals surface area contributed by atoms with Gasteiger partial charge in [0, 0.05) is 19.1 Å². The standard InChI is InChI=1S/C10H14N2O2/c11-9-1-2-12(4-9)5-10-3-8(6-13)7-14-10/h3,6-7,9H,1-2,4-5,11H2. The Hall–Kier alpha value is -1.13. The Morgan fingerprint density at radius 3 is 3.14 bits per heavy atom. The summed E-state index contributed by atoms with van der Waals surface area (Å²) in [5, 5.41) is 0. The second-order valence-electron chi connectivity index (χ2n) is 3.75. The number of aldehydes is 1. The SMILES string of the molecule is NC1CCN(Cc2cc(C=O)co2)C1. The van der Waals surface area contributed by atoms with Crippen molar-refractivity contribution < 1.29 is 9.21 Å². The highest BCUT2D eigenvalue weighted by Crippen LogP contribution is 2.13. The van der Waals surface area contributed by atoms with Gasteiger partial charge in [-0.1, -0.05) is 0 Å². The number of carbonyl (C=O) groups is 1. The quantitative estimate of drug-likeness (QED) is 0.717. The van der Waals surface area contributed by atoms with Gasteiger partial charge in [-0.05, 0) is 12.5 Å². The van der Waals surface area contributed by atoms with Crippen LogP contribution in [0, 0.1) is 0 Å². The zero-order chi connectivity index (χ0) is 9.97. The van der Waals surface area contributed by atoms with Crippen molar-refractivity contribution in [1.29, 1.82) is 0 Å². The molecule has 76 valence electrons. The van der Waals surface area contributed by atoms with E-state index in [-0.39, 0.29) is 6.04 Å². The summed E-state index contributed by atoms with van der Waals surface area (Å²) in [5.74, 6) is 0.834. The molecule has 1 aromatic rings. The number of rotatable bonds is 3. The fourth-order valence-electron chi connectivity index (χ4n) is 1.77. The van der Waals surface area contributed by atoms with Crippen molar-refractivity contribution in [3.05, 3.63) is 23.7 Å². The van der Waals surface area contributed by atoms with Gasteiger partial charge in [-0.2, -0.15) is 0 Å². The molecule has 14 heavy (non-hydrogen) atoms. The summed E-state index contributed by atoms with van der Waals surface area (Å²) in [6, 6.07) is 2.06. The summed E-state index contributed by atoms with van der Waals surface area (Å²) in [6.07, 6.45) is 3.32. The molecule has 4 nitrogen and oxygen atoms in total. The number of likely N-dealkylation sites (tertiary alicyclic amines) is 1. The Labute approximate surface area is 82.7 Å². The zero-order valence-electron chi connectivity index (χ0n) is 7.98. The van der Waals surface area contributed by atoms with E-state index >= 15 is 0 Å². The third-order valence-electron chi connectivity index (χ3n) is 2.50. The first kappa shape index (κ1) is 9.43. The third kappa shape index (κ3) is 2.02. The Morgan fingerprint density at radius 1 is 1.71 bits per heavy atom. The lowest BCUT2D eigenvalue weighted by atomic mass is 10.3. The molecule has 1 aliphatic heterocycles. The molecule has 1 atom stereocenters. The zero-order valence-corrected chi connectivity index (χ0v) is 7.98. The minimum absolute atomic E-state index is 0.288. The molecule has 0 amide bonds. The molecule has 0 aliphatic carbocycles. The Morgan fingerprint density at radius 2 is 2.57 bits per heavy atom. The minimum atomic E-state index is 0.288. The van der Waals surface area contributed by atoms with Crippen LogP contribution in [0.1, 0.15) is 22.5 Å². The molecule has 2 rings (SSSR count). The molecule has 0 aromatic carbocycles. The molecule has 0 saturated carbocycles. The van der Waals surface area contributed by atoms with Gasteiger partial charge in [0.1, 0.15) is 12.0 Å². The number of furan rings is 1. The number of nitrogens with two attached hydrogens (primary N) is 1. The predicted octanol–water partition coefficient (Wildman–Crippen LogP) is 0.625. The predicted molar refractivity (Wildman–Crippen MR) is 52.0 cm³/mol. The van der Waals surface area contributed by atoms with Crippen LogP contribution in [0.25, 0.3) is 0 Å². The molecule has 2 N–H and O–H groups in total. The van der Waals surface area contributed by atoms with Gasteiger partial charge in [0.15, 0.2) is 6.29 Å². The first-order valence-corrected chi connectivity index (χ1v) is 4.78. The fourth-order valence-corrected chi connectivity index (χ4v) is 1.77. The lowest BCUT2D eigenvalue weighted by molar-refractivity contribution is 0.112. The normalized spacial score (nSPS) is 22.8. The van der Waals surface area contributed by atoms with Crippen LogP contribution in [0.5, 0.6) is 0 Å². The van der Waals surface area contributed by atoms with Crippen molar-refractivity contribution in [3.63, 3.8) is 0 Å². The van der Waals surface area contributed by atoms with E-state index in [4.69, 9.17) is 10.2 Å². The molecule has 0 bridgehead atoms. The van der Waals surface area contributed by atoms with Crippen LogP contribution in [0.15, 0.2) is 16.7 Å². The van der Waals surface area contributed by atoms with Crippen LogP contribution in [-0.2, 0) is 6.54 Å². The smallest absolute Gasteiger partial charge is 0.153 e. The summed E-state index contributed by atoms with van der Waals surface area (Å²) in [7, 11) is 0. The minimum Gasteiger partial charge on any atom is -0.467 e. The lowest BCUT2D eigenvalue weighted by Crippen LogP contribution is -2.26. The van der Waals surface area contributed by atoms with E-state index in [1.54, 1.807) is 6.07 Å². The summed E-state index contributed by atoms with van der Waals surface area (Å²) in [4.78, 5) is 12.6. The Bertz CT molecular complexity index is 322. The van der Waals surface area contributed by atoms with Gasteiger partial charge in [-0.3, -0.25) is 9.69 Å². The average molecular weight is 194 g/mol. The number of hydrogen-bond donors (Lipinski definition) is 1.